The van der Waals surface area contributed by atoms with Crippen LogP contribution < -0.4 is 0 Å². The second-order valence-corrected chi connectivity index (χ2v) is 9.38. The molecular formula is C19H12Cl4O5S. The van der Waals surface area contributed by atoms with Gasteiger partial charge in [0.2, 0.25) is 0 Å². The lowest BCUT2D eigenvalue weighted by Crippen LogP contribution is -2.38. The van der Waals surface area contributed by atoms with E-state index in [4.69, 9.17) is 46.4 Å². The Labute approximate surface area is 186 Å². The zero-order chi connectivity index (χ0) is 21.6. The van der Waals surface area contributed by atoms with Crippen LogP contribution >= 0.6 is 46.4 Å². The maximum atomic E-state index is 12.9. The van der Waals surface area contributed by atoms with Crippen molar-refractivity contribution >= 4 is 56.5 Å². The molecule has 0 aliphatic heterocycles. The molecule has 1 atom stereocenters. The van der Waals surface area contributed by atoms with Gasteiger partial charge in [-0.3, -0.25) is 4.55 Å². The Bertz CT molecular complexity index is 1170. The molecule has 5 nitrogen and oxygen atoms in total. The van der Waals surface area contributed by atoms with Gasteiger partial charge >= 0.3 is 0 Å². The van der Waals surface area contributed by atoms with Gasteiger partial charge in [-0.25, -0.2) is 0 Å². The lowest BCUT2D eigenvalue weighted by atomic mass is 9.83. The maximum Gasteiger partial charge on any atom is 0.283 e. The number of halogens is 4. The minimum Gasteiger partial charge on any atom is -0.508 e. The first-order valence-electron chi connectivity index (χ1n) is 7.88. The number of benzene rings is 3. The highest BCUT2D eigenvalue weighted by molar-refractivity contribution is 7.87. The van der Waals surface area contributed by atoms with Crippen LogP contribution in [0.1, 0.15) is 16.7 Å². The van der Waals surface area contributed by atoms with E-state index in [-0.39, 0.29) is 42.5 Å². The van der Waals surface area contributed by atoms with Gasteiger partial charge in [-0.15, -0.1) is 0 Å². The average molecular weight is 494 g/mol. The quantitative estimate of drug-likeness (QED) is 0.311. The fourth-order valence-electron chi connectivity index (χ4n) is 3.21. The van der Waals surface area contributed by atoms with Crippen molar-refractivity contribution in [3.8, 4) is 11.5 Å². The van der Waals surface area contributed by atoms with Crippen molar-refractivity contribution in [1.82, 2.24) is 0 Å². The molecule has 0 bridgehead atoms. The van der Waals surface area contributed by atoms with Crippen molar-refractivity contribution in [1.29, 1.82) is 0 Å². The third-order valence-electron chi connectivity index (χ3n) is 4.32. The molecule has 0 aliphatic carbocycles. The van der Waals surface area contributed by atoms with E-state index >= 15 is 0 Å². The van der Waals surface area contributed by atoms with E-state index in [1.807, 2.05) is 0 Å². The summed E-state index contributed by atoms with van der Waals surface area (Å²) in [6, 6.07) is 11.6. The van der Waals surface area contributed by atoms with Gasteiger partial charge in [-0.05, 0) is 59.2 Å². The van der Waals surface area contributed by atoms with E-state index in [2.05, 4.69) is 0 Å². The molecular weight excluding hydrogens is 482 g/mol. The molecule has 0 aliphatic rings. The number of hydrogen-bond donors (Lipinski definition) is 3. The van der Waals surface area contributed by atoms with Gasteiger partial charge in [0.15, 0.2) is 4.75 Å². The second kappa shape index (κ2) is 7.87. The highest BCUT2D eigenvalue weighted by atomic mass is 35.5. The summed E-state index contributed by atoms with van der Waals surface area (Å²) in [4.78, 5) is 0. The van der Waals surface area contributed by atoms with E-state index in [1.165, 1.54) is 42.5 Å². The molecule has 0 heterocycles. The van der Waals surface area contributed by atoms with Crippen LogP contribution in [0.3, 0.4) is 0 Å². The molecule has 152 valence electrons. The van der Waals surface area contributed by atoms with Gasteiger partial charge in [0, 0.05) is 10.0 Å². The summed E-state index contributed by atoms with van der Waals surface area (Å²) in [6.45, 7) is 0. The van der Waals surface area contributed by atoms with Gasteiger partial charge in [0.05, 0.1) is 5.02 Å². The third-order valence-corrected chi connectivity index (χ3v) is 7.05. The van der Waals surface area contributed by atoms with E-state index in [9.17, 15) is 23.2 Å². The molecule has 3 N–H and O–H groups in total. The largest absolute Gasteiger partial charge is 0.508 e. The summed E-state index contributed by atoms with van der Waals surface area (Å²) in [5.74, 6) is -0.845. The van der Waals surface area contributed by atoms with E-state index in [0.717, 1.165) is 12.1 Å². The molecule has 0 amide bonds. The monoisotopic (exact) mass is 492 g/mol. The predicted octanol–water partition coefficient (Wildman–Crippen LogP) is 5.89. The van der Waals surface area contributed by atoms with E-state index in [1.54, 1.807) is 0 Å². The molecule has 0 spiro atoms. The summed E-state index contributed by atoms with van der Waals surface area (Å²) in [5, 5.41) is 20.1. The van der Waals surface area contributed by atoms with Crippen molar-refractivity contribution < 1.29 is 23.2 Å². The van der Waals surface area contributed by atoms with Crippen LogP contribution in [0.25, 0.3) is 0 Å². The van der Waals surface area contributed by atoms with Crippen LogP contribution in [0.5, 0.6) is 11.5 Å². The second-order valence-electron chi connectivity index (χ2n) is 6.16. The normalized spacial score (nSPS) is 13.8. The number of rotatable bonds is 4. The SMILES string of the molecule is O=S(=O)(O)C(c1cccc(Cl)c1)(c1cc(O)cc(Cl)c1)c1cc(O)c(Cl)c(Cl)c1. The smallest absolute Gasteiger partial charge is 0.283 e. The topological polar surface area (TPSA) is 94.8 Å². The Balaban J connectivity index is 2.58. The van der Waals surface area contributed by atoms with Crippen molar-refractivity contribution in [2.75, 3.05) is 0 Å². The van der Waals surface area contributed by atoms with Crippen LogP contribution in [0, 0.1) is 0 Å². The summed E-state index contributed by atoms with van der Waals surface area (Å²) in [6.07, 6.45) is 0. The highest BCUT2D eigenvalue weighted by Gasteiger charge is 2.49. The molecule has 0 saturated carbocycles. The van der Waals surface area contributed by atoms with Gasteiger partial charge in [0.1, 0.15) is 16.5 Å². The number of phenolic OH excluding ortho intramolecular Hbond substituents is 2. The minimum absolute atomic E-state index is 0.0133. The van der Waals surface area contributed by atoms with Crippen LogP contribution in [0.4, 0.5) is 0 Å². The number of aromatic hydroxyl groups is 2. The number of phenols is 2. The molecule has 3 aromatic carbocycles. The van der Waals surface area contributed by atoms with Crippen molar-refractivity contribution in [2.45, 2.75) is 4.75 Å². The summed E-state index contributed by atoms with van der Waals surface area (Å²) < 4.78 is 34.0. The molecule has 3 rings (SSSR count). The van der Waals surface area contributed by atoms with Crippen LogP contribution in [0.2, 0.25) is 20.1 Å². The Kier molecular flexibility index (Phi) is 5.98. The van der Waals surface area contributed by atoms with Gasteiger partial charge in [-0.1, -0.05) is 58.5 Å². The molecule has 0 radical (unpaired) electrons. The fourth-order valence-corrected chi connectivity index (χ4v) is 5.21. The zero-order valence-electron chi connectivity index (χ0n) is 14.3. The first-order chi connectivity index (χ1) is 13.5. The molecule has 1 unspecified atom stereocenters. The highest BCUT2D eigenvalue weighted by Crippen LogP contribution is 2.48. The lowest BCUT2D eigenvalue weighted by molar-refractivity contribution is 0.455. The zero-order valence-corrected chi connectivity index (χ0v) is 18.1. The van der Waals surface area contributed by atoms with Gasteiger partial charge in [0.25, 0.3) is 10.1 Å². The van der Waals surface area contributed by atoms with Crippen LogP contribution in [0.15, 0.2) is 54.6 Å². The molecule has 0 fully saturated rings. The Morgan fingerprint density at radius 1 is 0.759 bits per heavy atom. The minimum atomic E-state index is -5.02. The van der Waals surface area contributed by atoms with Gasteiger partial charge in [-0.2, -0.15) is 8.42 Å². The first-order valence-corrected chi connectivity index (χ1v) is 10.8. The summed E-state index contributed by atoms with van der Waals surface area (Å²) in [7, 11) is -5.02. The molecule has 0 saturated heterocycles. The molecule has 3 aromatic rings. The molecule has 0 aromatic heterocycles. The van der Waals surface area contributed by atoms with E-state index < -0.39 is 20.6 Å². The molecule has 29 heavy (non-hydrogen) atoms. The fraction of sp³-hybridized carbons (Fsp3) is 0.0526. The average Bonchev–Trinajstić information content (AvgIpc) is 2.58. The summed E-state index contributed by atoms with van der Waals surface area (Å²) in [5.41, 5.74) is -0.229. The third kappa shape index (κ3) is 3.89. The Morgan fingerprint density at radius 2 is 1.38 bits per heavy atom. The first kappa shape index (κ1) is 22.0. The van der Waals surface area contributed by atoms with Gasteiger partial charge < -0.3 is 10.2 Å². The lowest BCUT2D eigenvalue weighted by Gasteiger charge is -2.33. The van der Waals surface area contributed by atoms with Crippen LogP contribution in [-0.2, 0) is 14.9 Å². The van der Waals surface area contributed by atoms with Crippen LogP contribution in [-0.4, -0.2) is 23.2 Å². The molecule has 10 heteroatoms. The Morgan fingerprint density at radius 3 is 1.93 bits per heavy atom. The predicted molar refractivity (Wildman–Crippen MR) is 114 cm³/mol. The summed E-state index contributed by atoms with van der Waals surface area (Å²) >= 11 is 24.1. The van der Waals surface area contributed by atoms with Crippen molar-refractivity contribution in [3.05, 3.63) is 91.4 Å². The van der Waals surface area contributed by atoms with Crippen molar-refractivity contribution in [3.63, 3.8) is 0 Å². The Hall–Kier alpha value is -1.67. The standard InChI is InChI=1S/C19H12Cl4O5S/c20-13-3-1-2-10(4-13)19(29(26,27)28,11-5-14(21)9-15(24)6-11)12-7-16(22)18(23)17(25)8-12/h1-9,24-25H,(H,26,27,28). The number of hydrogen-bond acceptors (Lipinski definition) is 4. The van der Waals surface area contributed by atoms with E-state index in [0.29, 0.717) is 0 Å². The maximum absolute atomic E-state index is 12.9. The van der Waals surface area contributed by atoms with Crippen molar-refractivity contribution in [2.24, 2.45) is 0 Å².